The number of carbonyl (C=O) groups excluding carboxylic acids is 1. The second-order valence-corrected chi connectivity index (χ2v) is 9.52. The molecule has 3 heterocycles. The van der Waals surface area contributed by atoms with E-state index in [2.05, 4.69) is 9.88 Å². The molecular weight excluding hydrogens is 503 g/mol. The normalized spacial score (nSPS) is 21.7. The first-order chi connectivity index (χ1) is 17.4. The molecule has 1 fully saturated rings. The molecule has 0 aliphatic carbocycles. The van der Waals surface area contributed by atoms with Crippen molar-refractivity contribution in [3.63, 3.8) is 0 Å². The summed E-state index contributed by atoms with van der Waals surface area (Å²) in [7, 11) is 0. The molecule has 0 saturated carbocycles. The van der Waals surface area contributed by atoms with Gasteiger partial charge in [-0.2, -0.15) is 0 Å². The van der Waals surface area contributed by atoms with Crippen LogP contribution in [0.2, 0.25) is 10.0 Å². The maximum atomic E-state index is 11.5. The Labute approximate surface area is 219 Å². The van der Waals surface area contributed by atoms with Gasteiger partial charge in [0.05, 0.1) is 24.5 Å². The number of nitrogens with zero attached hydrogens (tertiary/aromatic N) is 4. The number of imidazole rings is 1. The first kappa shape index (κ1) is 24.6. The van der Waals surface area contributed by atoms with E-state index in [1.165, 1.54) is 0 Å². The smallest absolute Gasteiger partial charge is 0.223 e. The zero-order chi connectivity index (χ0) is 25.1. The lowest BCUT2D eigenvalue weighted by Crippen LogP contribution is -2.36. The van der Waals surface area contributed by atoms with Crippen LogP contribution in [0.4, 0.5) is 5.69 Å². The fourth-order valence-corrected chi connectivity index (χ4v) is 4.85. The van der Waals surface area contributed by atoms with Gasteiger partial charge in [-0.05, 0) is 36.4 Å². The number of hydrogen-bond donors (Lipinski definition) is 0. The molecule has 2 aliphatic rings. The van der Waals surface area contributed by atoms with Crippen LogP contribution in [-0.4, -0.2) is 52.8 Å². The summed E-state index contributed by atoms with van der Waals surface area (Å²) in [6.07, 6.45) is 8.66. The standard InChI is InChI=1S/C26H26Cl2N4O4/c1-19(33)31-10-12-32(13-11-31)21-3-5-22(6-4-21)34-15-23-16-35-26(36-23,17-30-9-8-29-18-30)24-7-2-20(27)14-25(24)28/h2-10,12,14,18,23H,11,13,15-17H2,1H3/t23-,26-/m1/s1. The molecule has 0 bridgehead atoms. The lowest BCUT2D eigenvalue weighted by molar-refractivity contribution is -0.189. The fraction of sp³-hybridized carbons (Fsp3) is 0.308. The van der Waals surface area contributed by atoms with Crippen molar-refractivity contribution in [2.45, 2.75) is 25.4 Å². The van der Waals surface area contributed by atoms with Crippen molar-refractivity contribution in [1.82, 2.24) is 14.5 Å². The van der Waals surface area contributed by atoms with Gasteiger partial charge in [-0.15, -0.1) is 0 Å². The summed E-state index contributed by atoms with van der Waals surface area (Å²) < 4.78 is 20.6. The Hall–Kier alpha value is -3.04. The Morgan fingerprint density at radius 1 is 1.17 bits per heavy atom. The van der Waals surface area contributed by atoms with Crippen LogP contribution in [0.3, 0.4) is 0 Å². The minimum absolute atomic E-state index is 0.0418. The van der Waals surface area contributed by atoms with Gasteiger partial charge in [0.25, 0.3) is 0 Å². The molecule has 5 rings (SSSR count). The van der Waals surface area contributed by atoms with Crippen LogP contribution in [0.1, 0.15) is 12.5 Å². The largest absolute Gasteiger partial charge is 0.491 e. The molecule has 1 aromatic heterocycles. The number of aromatic nitrogens is 2. The summed E-state index contributed by atoms with van der Waals surface area (Å²) in [6, 6.07) is 13.1. The van der Waals surface area contributed by atoms with Crippen LogP contribution in [0.25, 0.3) is 0 Å². The molecule has 2 atom stereocenters. The molecule has 3 aromatic rings. The van der Waals surface area contributed by atoms with E-state index in [0.717, 1.165) is 18.0 Å². The molecule has 2 aliphatic heterocycles. The third-order valence-corrected chi connectivity index (χ3v) is 6.72. The topological polar surface area (TPSA) is 69.1 Å². The Morgan fingerprint density at radius 2 is 2.00 bits per heavy atom. The number of benzene rings is 2. The lowest BCUT2D eigenvalue weighted by Gasteiger charge is -2.30. The monoisotopic (exact) mass is 528 g/mol. The van der Waals surface area contributed by atoms with Crippen molar-refractivity contribution in [2.24, 2.45) is 0 Å². The lowest BCUT2D eigenvalue weighted by atomic mass is 10.1. The summed E-state index contributed by atoms with van der Waals surface area (Å²) in [5.41, 5.74) is 1.73. The van der Waals surface area contributed by atoms with Gasteiger partial charge >= 0.3 is 0 Å². The van der Waals surface area contributed by atoms with Gasteiger partial charge < -0.3 is 28.6 Å². The summed E-state index contributed by atoms with van der Waals surface area (Å²) in [6.45, 7) is 3.99. The molecule has 10 heteroatoms. The fourth-order valence-electron chi connectivity index (χ4n) is 4.30. The van der Waals surface area contributed by atoms with Gasteiger partial charge in [0.2, 0.25) is 11.7 Å². The van der Waals surface area contributed by atoms with Crippen molar-refractivity contribution in [3.8, 4) is 5.75 Å². The Bertz CT molecular complexity index is 1240. The van der Waals surface area contributed by atoms with Gasteiger partial charge in [0, 0.05) is 61.1 Å². The predicted octanol–water partition coefficient (Wildman–Crippen LogP) is 4.68. The average molecular weight is 529 g/mol. The Kier molecular flexibility index (Phi) is 7.20. The minimum atomic E-state index is -1.09. The maximum absolute atomic E-state index is 11.5. The third kappa shape index (κ3) is 5.37. The van der Waals surface area contributed by atoms with E-state index in [0.29, 0.717) is 41.9 Å². The number of amides is 1. The van der Waals surface area contributed by atoms with Crippen LogP contribution < -0.4 is 9.64 Å². The van der Waals surface area contributed by atoms with Crippen molar-refractivity contribution in [2.75, 3.05) is 31.2 Å². The predicted molar refractivity (Wildman–Crippen MR) is 137 cm³/mol. The second kappa shape index (κ2) is 10.5. The number of carbonyl (C=O) groups is 1. The highest BCUT2D eigenvalue weighted by atomic mass is 35.5. The third-order valence-electron chi connectivity index (χ3n) is 6.17. The van der Waals surface area contributed by atoms with Crippen molar-refractivity contribution in [3.05, 3.63) is 89.2 Å². The van der Waals surface area contributed by atoms with Gasteiger partial charge in [-0.3, -0.25) is 4.79 Å². The molecule has 0 N–H and O–H groups in total. The highest BCUT2D eigenvalue weighted by Gasteiger charge is 2.45. The number of ether oxygens (including phenoxy) is 3. The minimum Gasteiger partial charge on any atom is -0.491 e. The molecule has 0 spiro atoms. The molecule has 188 valence electrons. The Balaban J connectivity index is 1.24. The SMILES string of the molecule is CC(=O)N1C=CN(c2ccc(OC[C@@H]3CO[C@@](Cn4ccnc4)(c4ccc(Cl)cc4Cl)O3)cc2)CC1. The van der Waals surface area contributed by atoms with E-state index in [4.69, 9.17) is 37.4 Å². The van der Waals surface area contributed by atoms with Crippen LogP contribution in [0.15, 0.2) is 73.6 Å². The molecule has 8 nitrogen and oxygen atoms in total. The van der Waals surface area contributed by atoms with Crippen LogP contribution in [-0.2, 0) is 26.6 Å². The first-order valence-electron chi connectivity index (χ1n) is 11.6. The zero-order valence-electron chi connectivity index (χ0n) is 19.7. The van der Waals surface area contributed by atoms with Crippen molar-refractivity contribution in [1.29, 1.82) is 0 Å². The van der Waals surface area contributed by atoms with Crippen LogP contribution >= 0.6 is 23.2 Å². The van der Waals surface area contributed by atoms with Gasteiger partial charge in [-0.1, -0.05) is 29.3 Å². The average Bonchev–Trinajstić information content (AvgIpc) is 3.54. The Morgan fingerprint density at radius 3 is 2.67 bits per heavy atom. The summed E-state index contributed by atoms with van der Waals surface area (Å²) in [5.74, 6) is -0.320. The summed E-state index contributed by atoms with van der Waals surface area (Å²) in [4.78, 5) is 19.4. The van der Waals surface area contributed by atoms with E-state index in [1.807, 2.05) is 47.3 Å². The highest BCUT2D eigenvalue weighted by Crippen LogP contribution is 2.40. The van der Waals surface area contributed by atoms with E-state index in [-0.39, 0.29) is 12.0 Å². The first-order valence-corrected chi connectivity index (χ1v) is 12.4. The van der Waals surface area contributed by atoms with E-state index in [9.17, 15) is 4.79 Å². The quantitative estimate of drug-likeness (QED) is 0.443. The molecule has 2 aromatic carbocycles. The maximum Gasteiger partial charge on any atom is 0.223 e. The van der Waals surface area contributed by atoms with Crippen molar-refractivity contribution >= 4 is 34.8 Å². The molecule has 1 amide bonds. The summed E-state index contributed by atoms with van der Waals surface area (Å²) >= 11 is 12.6. The zero-order valence-corrected chi connectivity index (χ0v) is 21.2. The highest BCUT2D eigenvalue weighted by molar-refractivity contribution is 6.35. The molecule has 36 heavy (non-hydrogen) atoms. The van der Waals surface area contributed by atoms with Crippen molar-refractivity contribution < 1.29 is 19.0 Å². The van der Waals surface area contributed by atoms with Crippen LogP contribution in [0.5, 0.6) is 5.75 Å². The second-order valence-electron chi connectivity index (χ2n) is 8.67. The molecule has 1 saturated heterocycles. The number of rotatable bonds is 7. The summed E-state index contributed by atoms with van der Waals surface area (Å²) in [5, 5.41) is 1.01. The van der Waals surface area contributed by atoms with E-state index in [1.54, 1.807) is 42.7 Å². The molecule has 0 unspecified atom stereocenters. The van der Waals surface area contributed by atoms with E-state index >= 15 is 0 Å². The van der Waals surface area contributed by atoms with Gasteiger partial charge in [0.1, 0.15) is 18.5 Å². The van der Waals surface area contributed by atoms with Gasteiger partial charge in [0.15, 0.2) is 0 Å². The number of anilines is 1. The number of halogens is 2. The van der Waals surface area contributed by atoms with Crippen LogP contribution in [0, 0.1) is 0 Å². The van der Waals surface area contributed by atoms with Gasteiger partial charge in [-0.25, -0.2) is 4.98 Å². The molecular formula is C26H26Cl2N4O4. The van der Waals surface area contributed by atoms with E-state index < -0.39 is 5.79 Å². The molecule has 0 radical (unpaired) electrons. The number of hydrogen-bond acceptors (Lipinski definition) is 6.